The fourth-order valence-electron chi connectivity index (χ4n) is 5.77. The molecule has 0 radical (unpaired) electrons. The molecule has 1 aliphatic heterocycles. The molecule has 0 bridgehead atoms. The van der Waals surface area contributed by atoms with Crippen LogP contribution in [0, 0.1) is 11.8 Å². The number of nitrogens with zero attached hydrogens (tertiary/aromatic N) is 1. The van der Waals surface area contributed by atoms with Gasteiger partial charge in [-0.1, -0.05) is 67.1 Å². The van der Waals surface area contributed by atoms with Gasteiger partial charge in [-0.05, 0) is 55.6 Å². The summed E-state index contributed by atoms with van der Waals surface area (Å²) < 4.78 is 0. The Morgan fingerprint density at radius 1 is 1.00 bits per heavy atom. The van der Waals surface area contributed by atoms with Gasteiger partial charge in [-0.2, -0.15) is 0 Å². The van der Waals surface area contributed by atoms with E-state index in [9.17, 15) is 0 Å². The summed E-state index contributed by atoms with van der Waals surface area (Å²) in [5.74, 6) is 2.03. The normalized spacial score (nSPS) is 32.5. The highest BCUT2D eigenvalue weighted by Gasteiger charge is 2.43. The fraction of sp³-hybridized carbons (Fsp3) is 0.440. The molecule has 0 spiro atoms. The Kier molecular flexibility index (Phi) is 4.65. The van der Waals surface area contributed by atoms with Crippen molar-refractivity contribution in [3.63, 3.8) is 0 Å². The number of hydrogen-bond acceptors (Lipinski definition) is 2. The lowest BCUT2D eigenvalue weighted by atomic mass is 9.67. The Morgan fingerprint density at radius 2 is 1.93 bits per heavy atom. The molecule has 1 saturated carbocycles. The maximum absolute atomic E-state index is 3.69. The largest absolute Gasteiger partial charge is 0.366 e. The molecule has 4 aliphatic rings. The summed E-state index contributed by atoms with van der Waals surface area (Å²) in [5, 5.41) is 3.69. The Bertz CT molecular complexity index is 786. The standard InChI is InChI=1S/C25H30N2/c1-3-10-19(11-4-1)21-14-9-15-22(20-12-5-2-6-13-20)25(21)27-18-26-23-16-7-8-17-24(23)27/h1-7,10-12,16,20-22,25-26H,8-9,13-15,17-18H2. The quantitative estimate of drug-likeness (QED) is 0.768. The lowest BCUT2D eigenvalue weighted by molar-refractivity contribution is 0.0916. The van der Waals surface area contributed by atoms with E-state index in [1.165, 1.54) is 49.8 Å². The summed E-state index contributed by atoms with van der Waals surface area (Å²) in [7, 11) is 0. The third-order valence-corrected chi connectivity index (χ3v) is 6.98. The van der Waals surface area contributed by atoms with Crippen LogP contribution in [0.25, 0.3) is 0 Å². The van der Waals surface area contributed by atoms with E-state index < -0.39 is 0 Å². The lowest BCUT2D eigenvalue weighted by Gasteiger charge is -2.47. The second-order valence-corrected chi connectivity index (χ2v) is 8.42. The lowest BCUT2D eigenvalue weighted by Crippen LogP contribution is -2.48. The average Bonchev–Trinajstić information content (AvgIpc) is 3.18. The summed E-state index contributed by atoms with van der Waals surface area (Å²) in [5.41, 5.74) is 4.46. The summed E-state index contributed by atoms with van der Waals surface area (Å²) in [4.78, 5) is 2.76. The minimum Gasteiger partial charge on any atom is -0.366 e. The Morgan fingerprint density at radius 3 is 2.78 bits per heavy atom. The van der Waals surface area contributed by atoms with E-state index in [4.69, 9.17) is 0 Å². The smallest absolute Gasteiger partial charge is 0.0878 e. The second kappa shape index (κ2) is 7.42. The molecule has 1 aromatic rings. The van der Waals surface area contributed by atoms with Gasteiger partial charge in [-0.15, -0.1) is 0 Å². The molecule has 0 amide bonds. The van der Waals surface area contributed by atoms with Gasteiger partial charge < -0.3 is 10.2 Å². The Labute approximate surface area is 163 Å². The highest BCUT2D eigenvalue weighted by atomic mass is 15.3. The first-order valence-electron chi connectivity index (χ1n) is 10.7. The van der Waals surface area contributed by atoms with Crippen molar-refractivity contribution in [1.29, 1.82) is 0 Å². The van der Waals surface area contributed by atoms with Crippen LogP contribution in [0.15, 0.2) is 78.2 Å². The molecule has 4 unspecified atom stereocenters. The average molecular weight is 359 g/mol. The molecule has 140 valence electrons. The van der Waals surface area contributed by atoms with Crippen LogP contribution in [-0.2, 0) is 0 Å². The molecule has 0 aromatic heterocycles. The van der Waals surface area contributed by atoms with Crippen LogP contribution in [0.3, 0.4) is 0 Å². The maximum Gasteiger partial charge on any atom is 0.0878 e. The number of hydrogen-bond donors (Lipinski definition) is 1. The van der Waals surface area contributed by atoms with Gasteiger partial charge in [0.1, 0.15) is 0 Å². The molecule has 1 fully saturated rings. The van der Waals surface area contributed by atoms with E-state index in [0.717, 1.165) is 12.6 Å². The van der Waals surface area contributed by atoms with E-state index in [1.54, 1.807) is 5.70 Å². The van der Waals surface area contributed by atoms with Crippen LogP contribution >= 0.6 is 0 Å². The molecule has 0 saturated heterocycles. The van der Waals surface area contributed by atoms with Crippen molar-refractivity contribution >= 4 is 0 Å². The molecule has 2 nitrogen and oxygen atoms in total. The zero-order chi connectivity index (χ0) is 18.1. The topological polar surface area (TPSA) is 15.3 Å². The fourth-order valence-corrected chi connectivity index (χ4v) is 5.77. The summed E-state index contributed by atoms with van der Waals surface area (Å²) in [6.07, 6.45) is 21.5. The van der Waals surface area contributed by atoms with Crippen molar-refractivity contribution in [3.8, 4) is 0 Å². The van der Waals surface area contributed by atoms with E-state index in [-0.39, 0.29) is 0 Å². The van der Waals surface area contributed by atoms with Crippen LogP contribution in [0.2, 0.25) is 0 Å². The van der Waals surface area contributed by atoms with Gasteiger partial charge >= 0.3 is 0 Å². The molecule has 1 aromatic carbocycles. The molecule has 4 atom stereocenters. The minimum absolute atomic E-state index is 0.591. The zero-order valence-corrected chi connectivity index (χ0v) is 16.1. The maximum atomic E-state index is 3.69. The molecule has 1 N–H and O–H groups in total. The molecular formula is C25H30N2. The summed E-state index contributed by atoms with van der Waals surface area (Å²) >= 11 is 0. The van der Waals surface area contributed by atoms with Crippen LogP contribution in [0.1, 0.15) is 50.0 Å². The van der Waals surface area contributed by atoms with Crippen LogP contribution in [0.4, 0.5) is 0 Å². The molecular weight excluding hydrogens is 328 g/mol. The number of benzene rings is 1. The van der Waals surface area contributed by atoms with Gasteiger partial charge in [0, 0.05) is 17.7 Å². The van der Waals surface area contributed by atoms with Gasteiger partial charge in [-0.3, -0.25) is 0 Å². The Hall–Kier alpha value is -2.22. The highest BCUT2D eigenvalue weighted by molar-refractivity contribution is 5.33. The third-order valence-electron chi connectivity index (χ3n) is 6.98. The second-order valence-electron chi connectivity index (χ2n) is 8.42. The van der Waals surface area contributed by atoms with Crippen LogP contribution in [0.5, 0.6) is 0 Å². The van der Waals surface area contributed by atoms with Gasteiger partial charge in [-0.25, -0.2) is 0 Å². The first-order valence-corrected chi connectivity index (χ1v) is 10.7. The number of nitrogens with one attached hydrogen (secondary N) is 1. The minimum atomic E-state index is 0.591. The van der Waals surface area contributed by atoms with E-state index in [0.29, 0.717) is 17.9 Å². The third kappa shape index (κ3) is 3.16. The molecule has 3 aliphatic carbocycles. The van der Waals surface area contributed by atoms with Gasteiger partial charge in [0.25, 0.3) is 0 Å². The van der Waals surface area contributed by atoms with Crippen molar-refractivity contribution in [3.05, 3.63) is 83.7 Å². The van der Waals surface area contributed by atoms with Crippen molar-refractivity contribution in [1.82, 2.24) is 10.2 Å². The van der Waals surface area contributed by atoms with E-state index in [2.05, 4.69) is 77.0 Å². The SMILES string of the molecule is C1=CCC(C2CCCC(c3ccccc3)C2N2CNC3=C2CCC=C3)C=C1. The molecule has 27 heavy (non-hydrogen) atoms. The van der Waals surface area contributed by atoms with Crippen molar-refractivity contribution in [2.45, 2.75) is 50.5 Å². The van der Waals surface area contributed by atoms with Gasteiger partial charge in [0.2, 0.25) is 0 Å². The van der Waals surface area contributed by atoms with Gasteiger partial charge in [0.05, 0.1) is 12.4 Å². The van der Waals surface area contributed by atoms with Crippen molar-refractivity contribution < 1.29 is 0 Å². The van der Waals surface area contributed by atoms with Crippen molar-refractivity contribution in [2.24, 2.45) is 11.8 Å². The summed E-state index contributed by atoms with van der Waals surface area (Å²) in [6, 6.07) is 11.9. The number of rotatable bonds is 3. The van der Waals surface area contributed by atoms with Gasteiger partial charge in [0.15, 0.2) is 0 Å². The first-order chi connectivity index (χ1) is 13.4. The van der Waals surface area contributed by atoms with E-state index in [1.807, 2.05) is 0 Å². The predicted molar refractivity (Wildman–Crippen MR) is 112 cm³/mol. The van der Waals surface area contributed by atoms with E-state index >= 15 is 0 Å². The van der Waals surface area contributed by atoms with Crippen molar-refractivity contribution in [2.75, 3.05) is 6.67 Å². The molecule has 2 heteroatoms. The molecule has 5 rings (SSSR count). The molecule has 1 heterocycles. The number of allylic oxidation sites excluding steroid dienone is 7. The zero-order valence-electron chi connectivity index (χ0n) is 16.1. The Balaban J connectivity index is 1.53. The summed E-state index contributed by atoms with van der Waals surface area (Å²) in [6.45, 7) is 0.978. The monoisotopic (exact) mass is 358 g/mol. The predicted octanol–water partition coefficient (Wildman–Crippen LogP) is 5.50. The highest BCUT2D eigenvalue weighted by Crippen LogP contribution is 2.46. The van der Waals surface area contributed by atoms with Crippen LogP contribution in [-0.4, -0.2) is 17.6 Å². The van der Waals surface area contributed by atoms with Crippen LogP contribution < -0.4 is 5.32 Å². The first kappa shape index (κ1) is 16.9.